The Bertz CT molecular complexity index is 586. The van der Waals surface area contributed by atoms with Gasteiger partial charge in [0.15, 0.2) is 0 Å². The fourth-order valence-electron chi connectivity index (χ4n) is 2.03. The van der Waals surface area contributed by atoms with Gasteiger partial charge in [-0.2, -0.15) is 0 Å². The van der Waals surface area contributed by atoms with Crippen molar-refractivity contribution in [2.45, 2.75) is 25.9 Å². The van der Waals surface area contributed by atoms with Gasteiger partial charge in [-0.15, -0.1) is 11.3 Å². The van der Waals surface area contributed by atoms with Crippen molar-refractivity contribution >= 4 is 17.4 Å². The van der Waals surface area contributed by atoms with E-state index in [1.165, 1.54) is 0 Å². The van der Waals surface area contributed by atoms with E-state index in [0.29, 0.717) is 13.0 Å². The molecule has 6 heteroatoms. The smallest absolute Gasteiger partial charge is 0.314 e. The lowest BCUT2D eigenvalue weighted by Gasteiger charge is -2.12. The third kappa shape index (κ3) is 5.83. The Balaban J connectivity index is 1.60. The first-order valence-corrected chi connectivity index (χ1v) is 8.16. The molecule has 0 saturated heterocycles. The molecule has 1 atom stereocenters. The number of amides is 2. The van der Waals surface area contributed by atoms with E-state index in [9.17, 15) is 9.90 Å². The summed E-state index contributed by atoms with van der Waals surface area (Å²) < 4.78 is 0. The maximum atomic E-state index is 11.6. The highest BCUT2D eigenvalue weighted by Crippen LogP contribution is 2.08. The minimum absolute atomic E-state index is 0.233. The Morgan fingerprint density at radius 3 is 2.77 bits per heavy atom. The number of hydrogen-bond acceptors (Lipinski definition) is 4. The number of rotatable bonds is 7. The number of aromatic nitrogens is 1. The molecule has 5 nitrogen and oxygen atoms in total. The Morgan fingerprint density at radius 1 is 1.32 bits per heavy atom. The number of carbonyl (C=O) groups excluding carboxylic acids is 1. The summed E-state index contributed by atoms with van der Waals surface area (Å²) >= 11 is 1.60. The van der Waals surface area contributed by atoms with Crippen molar-refractivity contribution in [1.29, 1.82) is 0 Å². The Hall–Kier alpha value is -1.92. The van der Waals surface area contributed by atoms with Crippen molar-refractivity contribution in [2.75, 3.05) is 13.1 Å². The second kappa shape index (κ2) is 8.51. The van der Waals surface area contributed by atoms with Gasteiger partial charge in [0.05, 0.1) is 11.1 Å². The van der Waals surface area contributed by atoms with Gasteiger partial charge in [0, 0.05) is 37.0 Å². The van der Waals surface area contributed by atoms with Crippen LogP contribution in [0.5, 0.6) is 0 Å². The number of benzene rings is 1. The van der Waals surface area contributed by atoms with E-state index in [-0.39, 0.29) is 12.6 Å². The van der Waals surface area contributed by atoms with Crippen LogP contribution in [0.4, 0.5) is 4.79 Å². The molecule has 1 heterocycles. The molecule has 1 aromatic carbocycles. The van der Waals surface area contributed by atoms with Crippen LogP contribution in [0.25, 0.3) is 0 Å². The average Bonchev–Trinajstić information content (AvgIpc) is 2.92. The number of thiazole rings is 1. The van der Waals surface area contributed by atoms with Crippen LogP contribution in [0.3, 0.4) is 0 Å². The molecule has 1 unspecified atom stereocenters. The van der Waals surface area contributed by atoms with Crippen LogP contribution in [0.1, 0.15) is 16.3 Å². The number of nitrogens with zero attached hydrogens (tertiary/aromatic N) is 1. The summed E-state index contributed by atoms with van der Waals surface area (Å²) in [6.45, 7) is 2.72. The molecule has 3 N–H and O–H groups in total. The number of nitrogens with one attached hydrogen (secondary N) is 2. The summed E-state index contributed by atoms with van der Waals surface area (Å²) in [6, 6.07) is 9.45. The molecule has 0 bridgehead atoms. The van der Waals surface area contributed by atoms with Crippen molar-refractivity contribution < 1.29 is 9.90 Å². The molecule has 22 heavy (non-hydrogen) atoms. The third-order valence-electron chi connectivity index (χ3n) is 3.10. The molecule has 0 radical (unpaired) electrons. The molecule has 2 rings (SSSR count). The highest BCUT2D eigenvalue weighted by atomic mass is 32.1. The lowest BCUT2D eigenvalue weighted by atomic mass is 10.1. The Kier molecular flexibility index (Phi) is 6.36. The molecule has 1 aromatic heterocycles. The first-order valence-electron chi connectivity index (χ1n) is 7.28. The van der Waals surface area contributed by atoms with Crippen LogP contribution < -0.4 is 10.6 Å². The van der Waals surface area contributed by atoms with Gasteiger partial charge >= 0.3 is 6.03 Å². The van der Waals surface area contributed by atoms with Gasteiger partial charge in [-0.05, 0) is 12.5 Å². The molecular weight excluding hydrogens is 298 g/mol. The summed E-state index contributed by atoms with van der Waals surface area (Å²) in [5.41, 5.74) is 2.06. The van der Waals surface area contributed by atoms with Crippen molar-refractivity contribution in [3.8, 4) is 0 Å². The van der Waals surface area contributed by atoms with Crippen LogP contribution in [-0.4, -0.2) is 35.3 Å². The number of aliphatic hydroxyl groups is 1. The largest absolute Gasteiger partial charge is 0.391 e. The average molecular weight is 319 g/mol. The molecular formula is C16H21N3O2S. The summed E-state index contributed by atoms with van der Waals surface area (Å²) in [5, 5.41) is 18.4. The second-order valence-electron chi connectivity index (χ2n) is 5.11. The zero-order chi connectivity index (χ0) is 15.8. The van der Waals surface area contributed by atoms with Gasteiger partial charge in [0.25, 0.3) is 0 Å². The summed E-state index contributed by atoms with van der Waals surface area (Å²) in [4.78, 5) is 16.0. The predicted molar refractivity (Wildman–Crippen MR) is 88.1 cm³/mol. The Morgan fingerprint density at radius 2 is 2.09 bits per heavy atom. The first-order chi connectivity index (χ1) is 10.6. The van der Waals surface area contributed by atoms with Gasteiger partial charge in [0.2, 0.25) is 0 Å². The lowest BCUT2D eigenvalue weighted by molar-refractivity contribution is 0.170. The highest BCUT2D eigenvalue weighted by Gasteiger charge is 2.08. The molecule has 2 amide bonds. The topological polar surface area (TPSA) is 74.2 Å². The van der Waals surface area contributed by atoms with Crippen LogP contribution in [0.2, 0.25) is 0 Å². The minimum atomic E-state index is -0.588. The predicted octanol–water partition coefficient (Wildman–Crippen LogP) is 1.90. The van der Waals surface area contributed by atoms with Crippen molar-refractivity contribution in [3.63, 3.8) is 0 Å². The fraction of sp³-hybridized carbons (Fsp3) is 0.375. The van der Waals surface area contributed by atoms with Crippen LogP contribution in [0.15, 0.2) is 35.7 Å². The maximum absolute atomic E-state index is 11.6. The van der Waals surface area contributed by atoms with E-state index in [1.54, 1.807) is 11.3 Å². The second-order valence-corrected chi connectivity index (χ2v) is 6.06. The van der Waals surface area contributed by atoms with Crippen molar-refractivity contribution in [1.82, 2.24) is 15.6 Å². The maximum Gasteiger partial charge on any atom is 0.314 e. The summed E-state index contributed by atoms with van der Waals surface area (Å²) in [6.07, 6.45) is 0.660. The molecule has 0 spiro atoms. The van der Waals surface area contributed by atoms with Crippen LogP contribution in [0, 0.1) is 6.92 Å². The number of aliphatic hydroxyl groups excluding tert-OH is 1. The molecule has 0 fully saturated rings. The number of aryl methyl sites for hydroxylation is 1. The van der Waals surface area contributed by atoms with E-state index in [1.807, 2.05) is 42.6 Å². The van der Waals surface area contributed by atoms with Crippen molar-refractivity contribution in [2.24, 2.45) is 0 Å². The standard InChI is InChI=1S/C16H21N3O2S/c1-12-11-22-15(19-12)7-8-17-16(21)18-10-14(20)9-13-5-3-2-4-6-13/h2-6,11,14,20H,7-10H2,1H3,(H2,17,18,21). The monoisotopic (exact) mass is 319 g/mol. The Labute approximate surface area is 134 Å². The van der Waals surface area contributed by atoms with Gasteiger partial charge in [-0.3, -0.25) is 0 Å². The van der Waals surface area contributed by atoms with Gasteiger partial charge in [0.1, 0.15) is 0 Å². The molecule has 0 aliphatic rings. The first kappa shape index (κ1) is 16.5. The molecule has 0 aliphatic carbocycles. The van der Waals surface area contributed by atoms with E-state index < -0.39 is 6.10 Å². The summed E-state index contributed by atoms with van der Waals surface area (Å²) in [5.74, 6) is 0. The van der Waals surface area contributed by atoms with E-state index in [0.717, 1.165) is 22.7 Å². The normalized spacial score (nSPS) is 11.9. The number of carbonyl (C=O) groups is 1. The highest BCUT2D eigenvalue weighted by molar-refractivity contribution is 7.09. The SMILES string of the molecule is Cc1csc(CCNC(=O)NCC(O)Cc2ccccc2)n1. The van der Waals surface area contributed by atoms with Gasteiger partial charge in [-0.25, -0.2) is 9.78 Å². The third-order valence-corrected chi connectivity index (χ3v) is 4.13. The van der Waals surface area contributed by atoms with E-state index in [2.05, 4.69) is 15.6 Å². The van der Waals surface area contributed by atoms with Crippen LogP contribution >= 0.6 is 11.3 Å². The van der Waals surface area contributed by atoms with E-state index in [4.69, 9.17) is 0 Å². The minimum Gasteiger partial charge on any atom is -0.391 e. The van der Waals surface area contributed by atoms with Gasteiger partial charge < -0.3 is 15.7 Å². The molecule has 2 aromatic rings. The quantitative estimate of drug-likeness (QED) is 0.730. The lowest BCUT2D eigenvalue weighted by Crippen LogP contribution is -2.41. The van der Waals surface area contributed by atoms with E-state index >= 15 is 0 Å². The van der Waals surface area contributed by atoms with Crippen LogP contribution in [-0.2, 0) is 12.8 Å². The molecule has 0 aliphatic heterocycles. The zero-order valence-electron chi connectivity index (χ0n) is 12.6. The molecule has 118 valence electrons. The summed E-state index contributed by atoms with van der Waals surface area (Å²) in [7, 11) is 0. The number of urea groups is 1. The number of hydrogen-bond donors (Lipinski definition) is 3. The van der Waals surface area contributed by atoms with Crippen molar-refractivity contribution in [3.05, 3.63) is 52.0 Å². The zero-order valence-corrected chi connectivity index (χ0v) is 13.4. The molecule has 0 saturated carbocycles. The van der Waals surface area contributed by atoms with Gasteiger partial charge in [-0.1, -0.05) is 30.3 Å². The fourth-order valence-corrected chi connectivity index (χ4v) is 2.81.